The van der Waals surface area contributed by atoms with Crippen LogP contribution in [-0.4, -0.2) is 24.2 Å². The maximum Gasteiger partial charge on any atom is 0.250 e. The lowest BCUT2D eigenvalue weighted by Gasteiger charge is -2.23. The van der Waals surface area contributed by atoms with Gasteiger partial charge in [0.1, 0.15) is 0 Å². The molecule has 19 heavy (non-hydrogen) atoms. The summed E-state index contributed by atoms with van der Waals surface area (Å²) in [5.41, 5.74) is 6.78. The fourth-order valence-corrected chi connectivity index (χ4v) is 2.64. The minimum absolute atomic E-state index is 0.0931. The van der Waals surface area contributed by atoms with Crippen LogP contribution in [0.1, 0.15) is 38.5 Å². The van der Waals surface area contributed by atoms with E-state index in [1.165, 1.54) is 31.4 Å². The van der Waals surface area contributed by atoms with Crippen LogP contribution in [0, 0.1) is 0 Å². The third kappa shape index (κ3) is 4.10. The highest BCUT2D eigenvalue weighted by Crippen LogP contribution is 2.18. The standard InChI is InChI=1S/C15H25N3O/c16-9-3-6-12-18-13-14(7-8-15(18)19)17-10-4-1-2-5-11-17/h7-8,13H,1-6,9-12,16H2. The van der Waals surface area contributed by atoms with Gasteiger partial charge in [0.15, 0.2) is 0 Å². The zero-order valence-corrected chi connectivity index (χ0v) is 11.7. The molecule has 4 nitrogen and oxygen atoms in total. The predicted molar refractivity (Wildman–Crippen MR) is 79.7 cm³/mol. The first-order chi connectivity index (χ1) is 9.31. The minimum Gasteiger partial charge on any atom is -0.370 e. The second kappa shape index (κ2) is 7.34. The molecule has 2 rings (SSSR count). The maximum absolute atomic E-state index is 11.8. The van der Waals surface area contributed by atoms with Gasteiger partial charge in [-0.15, -0.1) is 0 Å². The van der Waals surface area contributed by atoms with Gasteiger partial charge in [-0.3, -0.25) is 4.79 Å². The first-order valence-corrected chi connectivity index (χ1v) is 7.47. The lowest BCUT2D eigenvalue weighted by atomic mass is 10.2. The molecule has 0 spiro atoms. The molecule has 106 valence electrons. The Morgan fingerprint density at radius 1 is 1.05 bits per heavy atom. The zero-order valence-electron chi connectivity index (χ0n) is 11.7. The fourth-order valence-electron chi connectivity index (χ4n) is 2.64. The number of hydrogen-bond acceptors (Lipinski definition) is 3. The van der Waals surface area contributed by atoms with Crippen molar-refractivity contribution >= 4 is 5.69 Å². The smallest absolute Gasteiger partial charge is 0.250 e. The normalized spacial score (nSPS) is 16.4. The molecule has 2 heterocycles. The number of pyridine rings is 1. The second-order valence-corrected chi connectivity index (χ2v) is 5.32. The SMILES string of the molecule is NCCCCn1cc(N2CCCCCC2)ccc1=O. The molecule has 0 aliphatic carbocycles. The summed E-state index contributed by atoms with van der Waals surface area (Å²) < 4.78 is 1.83. The van der Waals surface area contributed by atoms with Crippen molar-refractivity contribution in [3.05, 3.63) is 28.7 Å². The van der Waals surface area contributed by atoms with Gasteiger partial charge in [0.05, 0.1) is 5.69 Å². The summed E-state index contributed by atoms with van der Waals surface area (Å²) in [5.74, 6) is 0. The average Bonchev–Trinajstić information content (AvgIpc) is 2.70. The Morgan fingerprint density at radius 3 is 2.47 bits per heavy atom. The molecule has 0 atom stereocenters. The van der Waals surface area contributed by atoms with Crippen LogP contribution in [0.3, 0.4) is 0 Å². The van der Waals surface area contributed by atoms with Crippen molar-refractivity contribution in [3.63, 3.8) is 0 Å². The maximum atomic E-state index is 11.8. The lowest BCUT2D eigenvalue weighted by Crippen LogP contribution is -2.27. The molecule has 1 aliphatic heterocycles. The van der Waals surface area contributed by atoms with E-state index in [1.807, 2.05) is 16.8 Å². The van der Waals surface area contributed by atoms with Crippen LogP contribution in [0.25, 0.3) is 0 Å². The first-order valence-electron chi connectivity index (χ1n) is 7.47. The summed E-state index contributed by atoms with van der Waals surface area (Å²) in [6, 6.07) is 3.66. The molecular formula is C15H25N3O. The topological polar surface area (TPSA) is 51.3 Å². The number of unbranched alkanes of at least 4 members (excludes halogenated alkanes) is 1. The van der Waals surface area contributed by atoms with Crippen LogP contribution in [0.4, 0.5) is 5.69 Å². The third-order valence-electron chi connectivity index (χ3n) is 3.79. The number of anilines is 1. The van der Waals surface area contributed by atoms with E-state index in [1.54, 1.807) is 6.07 Å². The van der Waals surface area contributed by atoms with Crippen LogP contribution >= 0.6 is 0 Å². The summed E-state index contributed by atoms with van der Waals surface area (Å²) in [6.07, 6.45) is 9.13. The Hall–Kier alpha value is -1.29. The molecule has 0 amide bonds. The molecule has 0 radical (unpaired) electrons. The number of aromatic nitrogens is 1. The van der Waals surface area contributed by atoms with Gasteiger partial charge in [0, 0.05) is 31.9 Å². The van der Waals surface area contributed by atoms with E-state index in [0.717, 1.165) is 32.5 Å². The van der Waals surface area contributed by atoms with Gasteiger partial charge in [-0.25, -0.2) is 0 Å². The highest BCUT2D eigenvalue weighted by atomic mass is 16.1. The molecule has 2 N–H and O–H groups in total. The largest absolute Gasteiger partial charge is 0.370 e. The molecule has 1 aromatic rings. The summed E-state index contributed by atoms with van der Waals surface area (Å²) in [4.78, 5) is 14.2. The van der Waals surface area contributed by atoms with Crippen molar-refractivity contribution in [1.29, 1.82) is 0 Å². The Balaban J connectivity index is 2.08. The third-order valence-corrected chi connectivity index (χ3v) is 3.79. The van der Waals surface area contributed by atoms with Crippen LogP contribution < -0.4 is 16.2 Å². The van der Waals surface area contributed by atoms with Crippen molar-refractivity contribution in [1.82, 2.24) is 4.57 Å². The average molecular weight is 263 g/mol. The molecule has 0 aromatic carbocycles. The molecule has 1 saturated heterocycles. The highest BCUT2D eigenvalue weighted by Gasteiger charge is 2.10. The summed E-state index contributed by atoms with van der Waals surface area (Å²) >= 11 is 0. The van der Waals surface area contributed by atoms with E-state index in [2.05, 4.69) is 4.90 Å². The molecular weight excluding hydrogens is 238 g/mol. The van der Waals surface area contributed by atoms with E-state index >= 15 is 0 Å². The lowest BCUT2D eigenvalue weighted by molar-refractivity contribution is 0.597. The van der Waals surface area contributed by atoms with Crippen molar-refractivity contribution in [3.8, 4) is 0 Å². The predicted octanol–water partition coefficient (Wildman–Crippen LogP) is 1.97. The van der Waals surface area contributed by atoms with E-state index in [0.29, 0.717) is 6.54 Å². The molecule has 0 bridgehead atoms. The van der Waals surface area contributed by atoms with Crippen molar-refractivity contribution < 1.29 is 0 Å². The molecule has 1 aliphatic rings. The first kappa shape index (κ1) is 14.1. The quantitative estimate of drug-likeness (QED) is 0.826. The van der Waals surface area contributed by atoms with Crippen LogP contribution in [0.15, 0.2) is 23.1 Å². The van der Waals surface area contributed by atoms with Gasteiger partial charge in [-0.05, 0) is 38.3 Å². The van der Waals surface area contributed by atoms with Crippen LogP contribution in [-0.2, 0) is 6.54 Å². The van der Waals surface area contributed by atoms with Crippen molar-refractivity contribution in [2.75, 3.05) is 24.5 Å². The minimum atomic E-state index is 0.0931. The van der Waals surface area contributed by atoms with E-state index in [9.17, 15) is 4.79 Å². The van der Waals surface area contributed by atoms with E-state index in [-0.39, 0.29) is 5.56 Å². The van der Waals surface area contributed by atoms with E-state index < -0.39 is 0 Å². The van der Waals surface area contributed by atoms with Gasteiger partial charge in [0.25, 0.3) is 5.56 Å². The molecule has 1 fully saturated rings. The number of nitrogens with two attached hydrogens (primary N) is 1. The molecule has 1 aromatic heterocycles. The second-order valence-electron chi connectivity index (χ2n) is 5.32. The number of rotatable bonds is 5. The van der Waals surface area contributed by atoms with Crippen LogP contribution in [0.5, 0.6) is 0 Å². The zero-order chi connectivity index (χ0) is 13.5. The number of nitrogens with zero attached hydrogens (tertiary/aromatic N) is 2. The summed E-state index contributed by atoms with van der Waals surface area (Å²) in [7, 11) is 0. The Kier molecular flexibility index (Phi) is 5.45. The van der Waals surface area contributed by atoms with Crippen molar-refractivity contribution in [2.24, 2.45) is 5.73 Å². The monoisotopic (exact) mass is 263 g/mol. The highest BCUT2D eigenvalue weighted by molar-refractivity contribution is 5.44. The van der Waals surface area contributed by atoms with E-state index in [4.69, 9.17) is 5.73 Å². The number of aryl methyl sites for hydroxylation is 1. The van der Waals surface area contributed by atoms with Gasteiger partial charge in [0.2, 0.25) is 0 Å². The Bertz CT molecular complexity index is 433. The Labute approximate surface area is 115 Å². The Morgan fingerprint density at radius 2 is 1.79 bits per heavy atom. The van der Waals surface area contributed by atoms with Gasteiger partial charge >= 0.3 is 0 Å². The van der Waals surface area contributed by atoms with Gasteiger partial charge in [-0.1, -0.05) is 12.8 Å². The molecule has 4 heteroatoms. The summed E-state index contributed by atoms with van der Waals surface area (Å²) in [5, 5.41) is 0. The molecule has 0 unspecified atom stereocenters. The fraction of sp³-hybridized carbons (Fsp3) is 0.667. The molecule has 0 saturated carbocycles. The summed E-state index contributed by atoms with van der Waals surface area (Å²) in [6.45, 7) is 3.69. The van der Waals surface area contributed by atoms with Gasteiger partial charge < -0.3 is 15.2 Å². The van der Waals surface area contributed by atoms with Gasteiger partial charge in [-0.2, -0.15) is 0 Å². The number of hydrogen-bond donors (Lipinski definition) is 1. The van der Waals surface area contributed by atoms with Crippen molar-refractivity contribution in [2.45, 2.75) is 45.1 Å². The van der Waals surface area contributed by atoms with Crippen LogP contribution in [0.2, 0.25) is 0 Å².